The first-order valence-corrected chi connectivity index (χ1v) is 7.99. The summed E-state index contributed by atoms with van der Waals surface area (Å²) in [5.74, 6) is 0.459. The Balaban J connectivity index is 1.90. The summed E-state index contributed by atoms with van der Waals surface area (Å²) in [6, 6.07) is 7.34. The summed E-state index contributed by atoms with van der Waals surface area (Å²) >= 11 is 0. The molecule has 1 aromatic carbocycles. The minimum absolute atomic E-state index is 0.0199. The molecule has 0 bridgehead atoms. The zero-order chi connectivity index (χ0) is 16.8. The molecule has 1 heterocycles. The molecular weight excluding hydrogens is 294 g/mol. The van der Waals surface area contributed by atoms with Gasteiger partial charge in [0.05, 0.1) is 12.8 Å². The van der Waals surface area contributed by atoms with E-state index in [1.165, 1.54) is 0 Å². The molecule has 1 unspecified atom stereocenters. The second kappa shape index (κ2) is 7.97. The van der Waals surface area contributed by atoms with Crippen LogP contribution in [-0.4, -0.2) is 43.5 Å². The molecular formula is C17H25N3O3. The molecule has 1 aliphatic rings. The van der Waals surface area contributed by atoms with Gasteiger partial charge in [0.15, 0.2) is 0 Å². The van der Waals surface area contributed by atoms with E-state index in [-0.39, 0.29) is 23.7 Å². The lowest BCUT2D eigenvalue weighted by Gasteiger charge is -2.32. The lowest BCUT2D eigenvalue weighted by molar-refractivity contribution is -0.137. The van der Waals surface area contributed by atoms with E-state index in [1.807, 2.05) is 36.1 Å². The predicted octanol–water partition coefficient (Wildman–Crippen LogP) is 1.47. The molecule has 0 radical (unpaired) electrons. The van der Waals surface area contributed by atoms with E-state index in [1.54, 1.807) is 7.11 Å². The Morgan fingerprint density at radius 3 is 2.61 bits per heavy atom. The highest BCUT2D eigenvalue weighted by atomic mass is 16.5. The second-order valence-electron chi connectivity index (χ2n) is 5.93. The van der Waals surface area contributed by atoms with Crippen molar-refractivity contribution in [3.63, 3.8) is 0 Å². The number of piperidine rings is 1. The number of carbonyl (C=O) groups is 2. The van der Waals surface area contributed by atoms with E-state index >= 15 is 0 Å². The molecule has 1 aromatic rings. The number of hydrogen-bond donors (Lipinski definition) is 2. The molecule has 2 rings (SSSR count). The standard InChI is InChI=1S/C17H25N3O3/c1-12(11-18)17(22)20-9-7-13(8-10-20)16(21)19-14-5-3-4-6-15(14)23-2/h3-6,12-13H,7-11,18H2,1-2H3,(H,19,21). The van der Waals surface area contributed by atoms with Crippen molar-refractivity contribution in [2.24, 2.45) is 17.6 Å². The monoisotopic (exact) mass is 319 g/mol. The van der Waals surface area contributed by atoms with Crippen LogP contribution in [0.2, 0.25) is 0 Å². The van der Waals surface area contributed by atoms with E-state index in [4.69, 9.17) is 10.5 Å². The summed E-state index contributed by atoms with van der Waals surface area (Å²) in [5.41, 5.74) is 6.22. The Kier molecular flexibility index (Phi) is 5.98. The third-order valence-corrected chi connectivity index (χ3v) is 4.32. The minimum Gasteiger partial charge on any atom is -0.495 e. The lowest BCUT2D eigenvalue weighted by atomic mass is 9.95. The van der Waals surface area contributed by atoms with Crippen LogP contribution in [0.5, 0.6) is 5.75 Å². The van der Waals surface area contributed by atoms with Gasteiger partial charge in [0.1, 0.15) is 5.75 Å². The quantitative estimate of drug-likeness (QED) is 0.860. The van der Waals surface area contributed by atoms with E-state index in [0.717, 1.165) is 0 Å². The van der Waals surface area contributed by atoms with E-state index in [2.05, 4.69) is 5.32 Å². The summed E-state index contributed by atoms with van der Waals surface area (Å²) in [7, 11) is 1.58. The molecule has 6 heteroatoms. The molecule has 1 aliphatic heterocycles. The van der Waals surface area contributed by atoms with Crippen molar-refractivity contribution in [1.82, 2.24) is 4.90 Å². The number of ether oxygens (including phenoxy) is 1. The summed E-state index contributed by atoms with van der Waals surface area (Å²) < 4.78 is 5.24. The number of nitrogens with two attached hydrogens (primary N) is 1. The van der Waals surface area contributed by atoms with E-state index < -0.39 is 0 Å². The van der Waals surface area contributed by atoms with E-state index in [0.29, 0.717) is 43.9 Å². The second-order valence-corrected chi connectivity index (χ2v) is 5.93. The molecule has 0 aromatic heterocycles. The minimum atomic E-state index is -0.158. The maximum atomic E-state index is 12.4. The van der Waals surface area contributed by atoms with Gasteiger partial charge in [-0.25, -0.2) is 0 Å². The van der Waals surface area contributed by atoms with Crippen LogP contribution in [0.4, 0.5) is 5.69 Å². The van der Waals surface area contributed by atoms with Crippen LogP contribution in [0, 0.1) is 11.8 Å². The molecule has 1 atom stereocenters. The number of benzene rings is 1. The average Bonchev–Trinajstić information content (AvgIpc) is 2.61. The zero-order valence-electron chi connectivity index (χ0n) is 13.7. The number of rotatable bonds is 5. The largest absolute Gasteiger partial charge is 0.495 e. The SMILES string of the molecule is COc1ccccc1NC(=O)C1CCN(C(=O)C(C)CN)CC1. The number of amides is 2. The van der Waals surface area contributed by atoms with Crippen LogP contribution in [0.25, 0.3) is 0 Å². The lowest BCUT2D eigenvalue weighted by Crippen LogP contribution is -2.44. The van der Waals surface area contributed by atoms with Crippen LogP contribution in [-0.2, 0) is 9.59 Å². The first-order chi connectivity index (χ1) is 11.1. The van der Waals surface area contributed by atoms with Gasteiger partial charge in [0, 0.05) is 31.5 Å². The maximum Gasteiger partial charge on any atom is 0.227 e. The first-order valence-electron chi connectivity index (χ1n) is 7.99. The molecule has 0 saturated carbocycles. The van der Waals surface area contributed by atoms with Crippen LogP contribution in [0.15, 0.2) is 24.3 Å². The average molecular weight is 319 g/mol. The predicted molar refractivity (Wildman–Crippen MR) is 89.1 cm³/mol. The molecule has 6 nitrogen and oxygen atoms in total. The fourth-order valence-electron chi connectivity index (χ4n) is 2.76. The number of nitrogens with zero attached hydrogens (tertiary/aromatic N) is 1. The fraction of sp³-hybridized carbons (Fsp3) is 0.529. The topological polar surface area (TPSA) is 84.7 Å². The van der Waals surface area contributed by atoms with Crippen LogP contribution < -0.4 is 15.8 Å². The Bertz CT molecular complexity index is 554. The number of carbonyl (C=O) groups excluding carboxylic acids is 2. The van der Waals surface area contributed by atoms with Gasteiger partial charge >= 0.3 is 0 Å². The zero-order valence-corrected chi connectivity index (χ0v) is 13.7. The Labute approximate surface area is 137 Å². The van der Waals surface area contributed by atoms with Crippen LogP contribution in [0.1, 0.15) is 19.8 Å². The molecule has 23 heavy (non-hydrogen) atoms. The molecule has 0 spiro atoms. The van der Waals surface area contributed by atoms with E-state index in [9.17, 15) is 9.59 Å². The maximum absolute atomic E-state index is 12.4. The van der Waals surface area contributed by atoms with Crippen molar-refractivity contribution in [3.05, 3.63) is 24.3 Å². The Hall–Kier alpha value is -2.08. The smallest absolute Gasteiger partial charge is 0.227 e. The number of anilines is 1. The summed E-state index contributed by atoms with van der Waals surface area (Å²) in [6.45, 7) is 3.40. The van der Waals surface area contributed by atoms with Crippen molar-refractivity contribution in [3.8, 4) is 5.75 Å². The Morgan fingerprint density at radius 2 is 2.00 bits per heavy atom. The fourth-order valence-corrected chi connectivity index (χ4v) is 2.76. The van der Waals surface area contributed by atoms with Crippen molar-refractivity contribution in [1.29, 1.82) is 0 Å². The van der Waals surface area contributed by atoms with Gasteiger partial charge in [0.2, 0.25) is 11.8 Å². The molecule has 0 aliphatic carbocycles. The first kappa shape index (κ1) is 17.3. The highest BCUT2D eigenvalue weighted by Crippen LogP contribution is 2.26. The van der Waals surface area contributed by atoms with Gasteiger partial charge in [-0.3, -0.25) is 9.59 Å². The van der Waals surface area contributed by atoms with Crippen molar-refractivity contribution < 1.29 is 14.3 Å². The normalized spacial score (nSPS) is 16.7. The number of nitrogens with one attached hydrogen (secondary N) is 1. The van der Waals surface area contributed by atoms with Gasteiger partial charge < -0.3 is 20.7 Å². The molecule has 3 N–H and O–H groups in total. The highest BCUT2D eigenvalue weighted by Gasteiger charge is 2.29. The van der Waals surface area contributed by atoms with Crippen molar-refractivity contribution in [2.45, 2.75) is 19.8 Å². The number of methoxy groups -OCH3 is 1. The third-order valence-electron chi connectivity index (χ3n) is 4.32. The van der Waals surface area contributed by atoms with Gasteiger partial charge in [-0.05, 0) is 25.0 Å². The molecule has 126 valence electrons. The summed E-state index contributed by atoms with van der Waals surface area (Å²) in [5, 5.41) is 2.92. The van der Waals surface area contributed by atoms with Gasteiger partial charge in [-0.1, -0.05) is 19.1 Å². The van der Waals surface area contributed by atoms with Crippen molar-refractivity contribution >= 4 is 17.5 Å². The number of likely N-dealkylation sites (tertiary alicyclic amines) is 1. The van der Waals surface area contributed by atoms with Gasteiger partial charge in [-0.2, -0.15) is 0 Å². The van der Waals surface area contributed by atoms with Gasteiger partial charge in [0.25, 0.3) is 0 Å². The highest BCUT2D eigenvalue weighted by molar-refractivity contribution is 5.94. The molecule has 1 fully saturated rings. The summed E-state index contributed by atoms with van der Waals surface area (Å²) in [4.78, 5) is 26.3. The Morgan fingerprint density at radius 1 is 1.35 bits per heavy atom. The molecule has 1 saturated heterocycles. The molecule has 2 amide bonds. The van der Waals surface area contributed by atoms with Crippen LogP contribution in [0.3, 0.4) is 0 Å². The van der Waals surface area contributed by atoms with Crippen molar-refractivity contribution in [2.75, 3.05) is 32.1 Å². The summed E-state index contributed by atoms with van der Waals surface area (Å²) in [6.07, 6.45) is 1.34. The number of para-hydroxylation sites is 2. The number of hydrogen-bond acceptors (Lipinski definition) is 4. The third kappa shape index (κ3) is 4.22. The van der Waals surface area contributed by atoms with Gasteiger partial charge in [-0.15, -0.1) is 0 Å². The van der Waals surface area contributed by atoms with Crippen LogP contribution >= 0.6 is 0 Å².